The molecule has 1 N–H and O–H groups in total. The van der Waals surface area contributed by atoms with Crippen LogP contribution in [0, 0.1) is 17.5 Å². The molecule has 0 radical (unpaired) electrons. The van der Waals surface area contributed by atoms with E-state index in [4.69, 9.17) is 0 Å². The van der Waals surface area contributed by atoms with E-state index in [1.54, 1.807) is 0 Å². The molecule has 2 rings (SSSR count). The van der Waals surface area contributed by atoms with Crippen LogP contribution in [0.25, 0.3) is 0 Å². The molecule has 0 aliphatic heterocycles. The van der Waals surface area contributed by atoms with Gasteiger partial charge in [0.2, 0.25) is 0 Å². The number of nitrogens with one attached hydrogen (secondary N) is 1. The topological polar surface area (TPSA) is 12.0 Å². The zero-order chi connectivity index (χ0) is 13.1. The van der Waals surface area contributed by atoms with E-state index in [9.17, 15) is 13.2 Å². The smallest absolute Gasteiger partial charge is 0.194 e. The van der Waals surface area contributed by atoms with E-state index in [2.05, 4.69) is 11.6 Å². The fraction of sp³-hybridized carbons (Fsp3) is 0.538. The summed E-state index contributed by atoms with van der Waals surface area (Å²) in [5.41, 5.74) is 0.443. The maximum absolute atomic E-state index is 13.0. The predicted octanol–water partition coefficient (Wildman–Crippen LogP) is 3.48. The molecular weight excluding hydrogens is 259 g/mol. The van der Waals surface area contributed by atoms with Crippen LogP contribution >= 0.6 is 11.8 Å². The van der Waals surface area contributed by atoms with Crippen LogP contribution in [-0.2, 0) is 6.54 Å². The van der Waals surface area contributed by atoms with Crippen LogP contribution in [-0.4, -0.2) is 17.5 Å². The molecule has 5 heteroatoms. The van der Waals surface area contributed by atoms with Crippen molar-refractivity contribution in [2.24, 2.45) is 0 Å². The fourth-order valence-corrected chi connectivity index (χ4v) is 3.36. The first-order chi connectivity index (χ1) is 8.61. The molecule has 1 aromatic rings. The molecule has 1 aromatic carbocycles. The monoisotopic (exact) mass is 275 g/mol. The first-order valence-corrected chi connectivity index (χ1v) is 7.30. The highest BCUT2D eigenvalue weighted by molar-refractivity contribution is 7.99. The Kier molecular flexibility index (Phi) is 4.56. The average molecular weight is 275 g/mol. The lowest BCUT2D eigenvalue weighted by Crippen LogP contribution is -2.33. The average Bonchev–Trinajstić information content (AvgIpc) is 2.80. The van der Waals surface area contributed by atoms with Crippen LogP contribution in [0.5, 0.6) is 0 Å². The number of hydrogen-bond acceptors (Lipinski definition) is 2. The molecule has 0 bridgehead atoms. The Balaban J connectivity index is 1.98. The number of hydrogen-bond donors (Lipinski definition) is 1. The molecule has 1 aliphatic carbocycles. The summed E-state index contributed by atoms with van der Waals surface area (Å²) in [7, 11) is 0. The summed E-state index contributed by atoms with van der Waals surface area (Å²) in [5.74, 6) is -3.65. The zero-order valence-electron chi connectivity index (χ0n) is 10.2. The first kappa shape index (κ1) is 13.7. The van der Waals surface area contributed by atoms with Crippen molar-refractivity contribution in [2.45, 2.75) is 37.1 Å². The van der Waals surface area contributed by atoms with Crippen LogP contribution in [0.1, 0.15) is 24.8 Å². The van der Waals surface area contributed by atoms with E-state index in [1.165, 1.54) is 12.8 Å². The summed E-state index contributed by atoms with van der Waals surface area (Å²) in [6.07, 6.45) is 5.50. The molecule has 1 fully saturated rings. The van der Waals surface area contributed by atoms with Crippen molar-refractivity contribution >= 4 is 11.8 Å². The van der Waals surface area contributed by atoms with Crippen molar-refractivity contribution in [2.75, 3.05) is 6.26 Å². The molecule has 2 unspecified atom stereocenters. The lowest BCUT2D eigenvalue weighted by molar-refractivity contribution is 0.442. The molecule has 1 nitrogen and oxygen atoms in total. The van der Waals surface area contributed by atoms with Crippen molar-refractivity contribution in [3.63, 3.8) is 0 Å². The van der Waals surface area contributed by atoms with Gasteiger partial charge in [0.05, 0.1) is 0 Å². The Morgan fingerprint density at radius 2 is 1.89 bits per heavy atom. The third-order valence-electron chi connectivity index (χ3n) is 3.37. The normalized spacial score (nSPS) is 23.6. The zero-order valence-corrected chi connectivity index (χ0v) is 11.0. The largest absolute Gasteiger partial charge is 0.309 e. The molecule has 2 atom stereocenters. The van der Waals surface area contributed by atoms with Crippen molar-refractivity contribution in [3.8, 4) is 0 Å². The summed E-state index contributed by atoms with van der Waals surface area (Å²) in [5, 5.41) is 3.85. The minimum absolute atomic E-state index is 0.371. The quantitative estimate of drug-likeness (QED) is 0.844. The summed E-state index contributed by atoms with van der Waals surface area (Å²) in [4.78, 5) is 0. The number of thioether (sulfide) groups is 1. The highest BCUT2D eigenvalue weighted by Gasteiger charge is 2.25. The molecule has 0 saturated heterocycles. The van der Waals surface area contributed by atoms with Crippen molar-refractivity contribution in [1.29, 1.82) is 0 Å². The highest BCUT2D eigenvalue weighted by atomic mass is 32.2. The molecule has 0 heterocycles. The molecule has 0 spiro atoms. The van der Waals surface area contributed by atoms with Crippen LogP contribution in [0.15, 0.2) is 12.1 Å². The molecule has 1 saturated carbocycles. The maximum Gasteiger partial charge on any atom is 0.194 e. The van der Waals surface area contributed by atoms with Crippen LogP contribution in [0.3, 0.4) is 0 Å². The van der Waals surface area contributed by atoms with Gasteiger partial charge in [-0.2, -0.15) is 11.8 Å². The van der Waals surface area contributed by atoms with Gasteiger partial charge in [-0.25, -0.2) is 13.2 Å². The minimum Gasteiger partial charge on any atom is -0.309 e. The molecule has 18 heavy (non-hydrogen) atoms. The molecule has 0 amide bonds. The second-order valence-corrected chi connectivity index (χ2v) is 5.64. The Morgan fingerprint density at radius 1 is 1.22 bits per heavy atom. The Morgan fingerprint density at radius 3 is 2.50 bits per heavy atom. The van der Waals surface area contributed by atoms with Gasteiger partial charge in [-0.3, -0.25) is 0 Å². The highest BCUT2D eigenvalue weighted by Crippen LogP contribution is 2.28. The Bertz CT molecular complexity index is 402. The first-order valence-electron chi connectivity index (χ1n) is 6.01. The van der Waals surface area contributed by atoms with Gasteiger partial charge in [-0.1, -0.05) is 6.42 Å². The third-order valence-corrected chi connectivity index (χ3v) is 4.54. The second-order valence-electron chi connectivity index (χ2n) is 4.57. The van der Waals surface area contributed by atoms with E-state index >= 15 is 0 Å². The van der Waals surface area contributed by atoms with Gasteiger partial charge in [0.25, 0.3) is 0 Å². The maximum atomic E-state index is 13.0. The SMILES string of the molecule is CSC1CCCC1NCc1cc(F)c(F)c(F)c1. The van der Waals surface area contributed by atoms with Gasteiger partial charge in [-0.05, 0) is 36.8 Å². The van der Waals surface area contributed by atoms with Gasteiger partial charge >= 0.3 is 0 Å². The van der Waals surface area contributed by atoms with Crippen molar-refractivity contribution in [3.05, 3.63) is 35.1 Å². The van der Waals surface area contributed by atoms with Crippen LogP contribution in [0.2, 0.25) is 0 Å². The summed E-state index contributed by atoms with van der Waals surface area (Å²) >= 11 is 1.81. The second kappa shape index (κ2) is 5.97. The van der Waals surface area contributed by atoms with Crippen molar-refractivity contribution < 1.29 is 13.2 Å². The van der Waals surface area contributed by atoms with Crippen LogP contribution in [0.4, 0.5) is 13.2 Å². The van der Waals surface area contributed by atoms with E-state index in [0.717, 1.165) is 18.6 Å². The number of halogens is 3. The Hall–Kier alpha value is -0.680. The van der Waals surface area contributed by atoms with E-state index < -0.39 is 17.5 Å². The van der Waals surface area contributed by atoms with Gasteiger partial charge in [0.15, 0.2) is 17.5 Å². The van der Waals surface area contributed by atoms with E-state index in [-0.39, 0.29) is 0 Å². The van der Waals surface area contributed by atoms with Gasteiger partial charge in [0.1, 0.15) is 0 Å². The molecular formula is C13H16F3NS. The fourth-order valence-electron chi connectivity index (χ4n) is 2.40. The van der Waals surface area contributed by atoms with Gasteiger partial charge in [-0.15, -0.1) is 0 Å². The minimum atomic E-state index is -1.40. The lowest BCUT2D eigenvalue weighted by Gasteiger charge is -2.19. The van der Waals surface area contributed by atoms with E-state index in [1.807, 2.05) is 11.8 Å². The summed E-state index contributed by atoms with van der Waals surface area (Å²) in [6, 6.07) is 2.47. The third kappa shape index (κ3) is 3.01. The van der Waals surface area contributed by atoms with Crippen molar-refractivity contribution in [1.82, 2.24) is 5.32 Å². The summed E-state index contributed by atoms with van der Waals surface area (Å²) < 4.78 is 38.9. The Labute approximate surface area is 109 Å². The van der Waals surface area contributed by atoms with Gasteiger partial charge < -0.3 is 5.32 Å². The number of rotatable bonds is 4. The molecule has 0 aromatic heterocycles. The van der Waals surface area contributed by atoms with E-state index in [0.29, 0.717) is 23.4 Å². The number of benzene rings is 1. The lowest BCUT2D eigenvalue weighted by atomic mass is 10.1. The summed E-state index contributed by atoms with van der Waals surface area (Å²) in [6.45, 7) is 0.371. The molecule has 100 valence electrons. The standard InChI is InChI=1S/C13H16F3NS/c1-18-12-4-2-3-11(12)17-7-8-5-9(14)13(16)10(15)6-8/h5-6,11-12,17H,2-4,7H2,1H3. The predicted molar refractivity (Wildman–Crippen MR) is 68.1 cm³/mol. The van der Waals surface area contributed by atoms with Gasteiger partial charge in [0, 0.05) is 17.8 Å². The van der Waals surface area contributed by atoms with Crippen LogP contribution < -0.4 is 5.32 Å². The molecule has 1 aliphatic rings.